The molecule has 0 saturated carbocycles. The van der Waals surface area contributed by atoms with Gasteiger partial charge in [0.25, 0.3) is 0 Å². The van der Waals surface area contributed by atoms with Crippen molar-refractivity contribution < 1.29 is 13.2 Å². The molecule has 5 rings (SSSR count). The van der Waals surface area contributed by atoms with Gasteiger partial charge in [0.1, 0.15) is 11.6 Å². The highest BCUT2D eigenvalue weighted by Crippen LogP contribution is 2.41. The van der Waals surface area contributed by atoms with Crippen LogP contribution in [0, 0.1) is 6.92 Å². The second-order valence-electron chi connectivity index (χ2n) is 10.1. The highest BCUT2D eigenvalue weighted by molar-refractivity contribution is 5.93. The predicted octanol–water partition coefficient (Wildman–Crippen LogP) is 6.01. The summed E-state index contributed by atoms with van der Waals surface area (Å²) >= 11 is 0. The molecule has 186 valence electrons. The number of halogens is 3. The Balaban J connectivity index is 1.57. The molecule has 1 atom stereocenters. The normalized spacial score (nSPS) is 18.1. The molecule has 1 fully saturated rings. The zero-order valence-electron chi connectivity index (χ0n) is 20.5. The van der Waals surface area contributed by atoms with Gasteiger partial charge in [0, 0.05) is 11.1 Å². The van der Waals surface area contributed by atoms with E-state index in [1.807, 2.05) is 13.8 Å². The highest BCUT2D eigenvalue weighted by Gasteiger charge is 2.32. The average molecular weight is 484 g/mol. The van der Waals surface area contributed by atoms with Gasteiger partial charge in [0.15, 0.2) is 0 Å². The van der Waals surface area contributed by atoms with Gasteiger partial charge in [0.2, 0.25) is 0 Å². The summed E-state index contributed by atoms with van der Waals surface area (Å²) in [4.78, 5) is 11.9. The van der Waals surface area contributed by atoms with E-state index < -0.39 is 17.8 Å². The molecule has 2 aliphatic rings. The molecule has 35 heavy (non-hydrogen) atoms. The largest absolute Gasteiger partial charge is 0.416 e. The lowest BCUT2D eigenvalue weighted by Crippen LogP contribution is -2.29. The van der Waals surface area contributed by atoms with E-state index in [0.717, 1.165) is 68.2 Å². The summed E-state index contributed by atoms with van der Waals surface area (Å²) in [5, 5.41) is 4.35. The Morgan fingerprint density at radius 3 is 2.49 bits per heavy atom. The van der Waals surface area contributed by atoms with Gasteiger partial charge >= 0.3 is 6.18 Å². The zero-order valence-corrected chi connectivity index (χ0v) is 20.5. The molecule has 1 aliphatic carbocycles. The van der Waals surface area contributed by atoms with Gasteiger partial charge in [-0.15, -0.1) is 0 Å². The van der Waals surface area contributed by atoms with Crippen molar-refractivity contribution in [1.29, 1.82) is 0 Å². The number of likely N-dealkylation sites (tertiary alicyclic amines) is 1. The number of alkyl halides is 3. The molecule has 1 saturated heterocycles. The Morgan fingerprint density at radius 2 is 1.77 bits per heavy atom. The average Bonchev–Trinajstić information content (AvgIpc) is 3.29. The number of aromatic nitrogens is 2. The van der Waals surface area contributed by atoms with Crippen molar-refractivity contribution in [3.63, 3.8) is 0 Å². The molecular weight excluding hydrogens is 451 g/mol. The fraction of sp³-hybridized carbons (Fsp3) is 0.481. The number of nitrogens with zero attached hydrogens (tertiary/aromatic N) is 3. The second kappa shape index (κ2) is 8.97. The van der Waals surface area contributed by atoms with Gasteiger partial charge in [-0.05, 0) is 119 Å². The lowest BCUT2D eigenvalue weighted by atomic mass is 9.84. The van der Waals surface area contributed by atoms with E-state index in [9.17, 15) is 13.2 Å². The fourth-order valence-corrected chi connectivity index (χ4v) is 5.69. The highest BCUT2D eigenvalue weighted by atomic mass is 19.4. The summed E-state index contributed by atoms with van der Waals surface area (Å²) in [5.74, 6) is 1.83. The molecule has 8 heteroatoms. The lowest BCUT2D eigenvalue weighted by Gasteiger charge is -2.31. The van der Waals surface area contributed by atoms with Gasteiger partial charge in [-0.3, -0.25) is 0 Å². The molecule has 2 aromatic carbocycles. The van der Waals surface area contributed by atoms with Crippen LogP contribution in [0.25, 0.3) is 10.9 Å². The predicted molar refractivity (Wildman–Crippen MR) is 134 cm³/mol. The number of hydrogen-bond acceptors (Lipinski definition) is 5. The van der Waals surface area contributed by atoms with Crippen molar-refractivity contribution in [2.24, 2.45) is 0 Å². The molecule has 0 unspecified atom stereocenters. The van der Waals surface area contributed by atoms with E-state index in [2.05, 4.69) is 23.3 Å². The number of nitrogens with two attached hydrogens (primary N) is 1. The third kappa shape index (κ3) is 4.68. The first-order valence-corrected chi connectivity index (χ1v) is 12.4. The summed E-state index contributed by atoms with van der Waals surface area (Å²) in [6.45, 7) is 5.87. The van der Waals surface area contributed by atoms with Crippen molar-refractivity contribution in [2.75, 3.05) is 31.2 Å². The summed E-state index contributed by atoms with van der Waals surface area (Å²) < 4.78 is 40.1. The van der Waals surface area contributed by atoms with Crippen LogP contribution in [0.1, 0.15) is 71.8 Å². The number of benzene rings is 2. The Morgan fingerprint density at radius 1 is 1.06 bits per heavy atom. The molecule has 1 aliphatic heterocycles. The van der Waals surface area contributed by atoms with Crippen LogP contribution in [0.2, 0.25) is 0 Å². The van der Waals surface area contributed by atoms with E-state index in [1.165, 1.54) is 16.7 Å². The summed E-state index contributed by atoms with van der Waals surface area (Å²) in [6.07, 6.45) is 1.01. The molecule has 2 heterocycles. The van der Waals surface area contributed by atoms with E-state index in [-0.39, 0.29) is 5.69 Å². The monoisotopic (exact) mass is 483 g/mol. The summed E-state index contributed by atoms with van der Waals surface area (Å²) in [6, 6.07) is 5.55. The minimum absolute atomic E-state index is 0.0922. The quantitative estimate of drug-likeness (QED) is 0.445. The maximum Gasteiger partial charge on any atom is 0.416 e. The maximum atomic E-state index is 13.4. The number of fused-ring (bicyclic) bond motifs is 3. The smallest absolute Gasteiger partial charge is 0.399 e. The number of anilines is 2. The van der Waals surface area contributed by atoms with Crippen molar-refractivity contribution in [1.82, 2.24) is 14.9 Å². The van der Waals surface area contributed by atoms with E-state index in [4.69, 9.17) is 15.7 Å². The Kier molecular flexibility index (Phi) is 6.11. The first-order chi connectivity index (χ1) is 16.6. The minimum Gasteiger partial charge on any atom is -0.399 e. The van der Waals surface area contributed by atoms with Crippen LogP contribution in [0.15, 0.2) is 24.3 Å². The third-order valence-corrected chi connectivity index (χ3v) is 7.53. The molecular formula is C27H32F3N5. The van der Waals surface area contributed by atoms with Crippen LogP contribution in [0.3, 0.4) is 0 Å². The summed E-state index contributed by atoms with van der Waals surface area (Å²) in [5.41, 5.74) is 10.8. The third-order valence-electron chi connectivity index (χ3n) is 7.53. The van der Waals surface area contributed by atoms with Crippen molar-refractivity contribution in [3.05, 3.63) is 57.9 Å². The van der Waals surface area contributed by atoms with Gasteiger partial charge in [-0.2, -0.15) is 13.2 Å². The first kappa shape index (κ1) is 23.9. The van der Waals surface area contributed by atoms with E-state index in [0.29, 0.717) is 23.1 Å². The van der Waals surface area contributed by atoms with Crippen LogP contribution in [-0.2, 0) is 19.0 Å². The van der Waals surface area contributed by atoms with Gasteiger partial charge in [-0.25, -0.2) is 9.97 Å². The Labute approximate surface area is 203 Å². The van der Waals surface area contributed by atoms with Gasteiger partial charge < -0.3 is 16.0 Å². The maximum absolute atomic E-state index is 13.4. The van der Waals surface area contributed by atoms with Crippen molar-refractivity contribution in [2.45, 2.75) is 64.1 Å². The zero-order chi connectivity index (χ0) is 24.9. The molecule has 0 bridgehead atoms. The van der Waals surface area contributed by atoms with E-state index >= 15 is 0 Å². The molecule has 0 amide bonds. The summed E-state index contributed by atoms with van der Waals surface area (Å²) in [7, 11) is 2.17. The molecule has 5 nitrogen and oxygen atoms in total. The van der Waals surface area contributed by atoms with Crippen LogP contribution in [0.5, 0.6) is 0 Å². The van der Waals surface area contributed by atoms with Gasteiger partial charge in [-0.1, -0.05) is 0 Å². The van der Waals surface area contributed by atoms with Crippen LogP contribution >= 0.6 is 0 Å². The first-order valence-electron chi connectivity index (χ1n) is 12.4. The standard InChI is InChI=1S/C27H32F3N5/c1-15(18-11-19(27(28,29)30)13-20(31)12-18)32-26-24-14-23(17-7-9-35(3)10-8-17)21-5-4-6-22(21)25(24)33-16(2)34-26/h11-15,17H,4-10,31H2,1-3H3,(H,32,33,34)/t15-/m1/s1. The van der Waals surface area contributed by atoms with Crippen LogP contribution in [-0.4, -0.2) is 35.0 Å². The Bertz CT molecular complexity index is 1260. The van der Waals surface area contributed by atoms with Crippen molar-refractivity contribution >= 4 is 22.4 Å². The Hall–Kier alpha value is -2.87. The number of nitrogens with one attached hydrogen (secondary N) is 1. The van der Waals surface area contributed by atoms with Crippen LogP contribution in [0.4, 0.5) is 24.7 Å². The molecule has 3 aromatic rings. The molecule has 1 aromatic heterocycles. The molecule has 0 spiro atoms. The number of rotatable bonds is 4. The topological polar surface area (TPSA) is 67.1 Å². The number of piperidine rings is 1. The molecule has 3 N–H and O–H groups in total. The van der Waals surface area contributed by atoms with Crippen molar-refractivity contribution in [3.8, 4) is 0 Å². The number of hydrogen-bond donors (Lipinski definition) is 2. The second-order valence-corrected chi connectivity index (χ2v) is 10.1. The van der Waals surface area contributed by atoms with Gasteiger partial charge in [0.05, 0.1) is 17.1 Å². The minimum atomic E-state index is -4.45. The lowest BCUT2D eigenvalue weighted by molar-refractivity contribution is -0.137. The molecule has 0 radical (unpaired) electrons. The SMILES string of the molecule is Cc1nc(N[C@H](C)c2cc(N)cc(C(F)(F)F)c2)c2cc(C3CCN(C)CC3)c3c(c2n1)CCC3. The van der Waals surface area contributed by atoms with E-state index in [1.54, 1.807) is 6.07 Å². The number of aryl methyl sites for hydroxylation is 2. The van der Waals surface area contributed by atoms with Crippen LogP contribution < -0.4 is 11.1 Å². The fourth-order valence-electron chi connectivity index (χ4n) is 5.69. The number of nitrogen functional groups attached to an aromatic ring is 1.